The maximum atomic E-state index is 13.3. The van der Waals surface area contributed by atoms with Gasteiger partial charge in [-0.15, -0.1) is 0 Å². The van der Waals surface area contributed by atoms with E-state index in [2.05, 4.69) is 5.32 Å². The third-order valence-corrected chi connectivity index (χ3v) is 5.67. The van der Waals surface area contributed by atoms with Crippen molar-refractivity contribution in [3.05, 3.63) is 77.0 Å². The first-order valence-electron chi connectivity index (χ1n) is 10.7. The average Bonchev–Trinajstić information content (AvgIpc) is 3.22. The van der Waals surface area contributed by atoms with Gasteiger partial charge in [0.1, 0.15) is 28.6 Å². The van der Waals surface area contributed by atoms with Crippen molar-refractivity contribution >= 4 is 28.3 Å². The molecule has 0 bridgehead atoms. The Morgan fingerprint density at radius 1 is 0.771 bits per heavy atom. The van der Waals surface area contributed by atoms with Crippen molar-refractivity contribution in [2.75, 3.05) is 33.8 Å². The van der Waals surface area contributed by atoms with E-state index in [9.17, 15) is 9.59 Å². The summed E-state index contributed by atoms with van der Waals surface area (Å²) < 4.78 is 27.0. The van der Waals surface area contributed by atoms with Crippen molar-refractivity contribution in [1.29, 1.82) is 0 Å². The summed E-state index contributed by atoms with van der Waals surface area (Å²) in [6.07, 6.45) is 0. The second-order valence-electron chi connectivity index (χ2n) is 7.72. The van der Waals surface area contributed by atoms with Crippen LogP contribution in [-0.2, 0) is 0 Å². The maximum Gasteiger partial charge on any atom is 0.255 e. The van der Waals surface area contributed by atoms with Crippen molar-refractivity contribution in [1.82, 2.24) is 0 Å². The monoisotopic (exact) mass is 475 g/mol. The Balaban J connectivity index is 1.66. The van der Waals surface area contributed by atoms with Gasteiger partial charge >= 0.3 is 0 Å². The number of ketones is 1. The second kappa shape index (κ2) is 9.80. The molecule has 1 amide bonds. The summed E-state index contributed by atoms with van der Waals surface area (Å²) in [6.45, 7) is 1.80. The van der Waals surface area contributed by atoms with Gasteiger partial charge in [-0.25, -0.2) is 0 Å². The fraction of sp³-hybridized carbons (Fsp3) is 0.185. The van der Waals surface area contributed by atoms with Gasteiger partial charge < -0.3 is 28.7 Å². The number of aryl methyl sites for hydroxylation is 1. The van der Waals surface area contributed by atoms with E-state index in [0.717, 1.165) is 0 Å². The van der Waals surface area contributed by atoms with Crippen molar-refractivity contribution in [3.8, 4) is 23.0 Å². The highest BCUT2D eigenvalue weighted by molar-refractivity contribution is 6.12. The molecule has 0 aliphatic rings. The van der Waals surface area contributed by atoms with Gasteiger partial charge in [0.2, 0.25) is 5.78 Å². The van der Waals surface area contributed by atoms with Crippen LogP contribution in [0.25, 0.3) is 11.0 Å². The van der Waals surface area contributed by atoms with Crippen molar-refractivity contribution in [3.63, 3.8) is 0 Å². The van der Waals surface area contributed by atoms with Crippen LogP contribution in [0.4, 0.5) is 5.69 Å². The number of nitrogens with one attached hydrogen (secondary N) is 1. The molecule has 4 aromatic rings. The number of rotatable bonds is 8. The summed E-state index contributed by atoms with van der Waals surface area (Å²) in [5.41, 5.74) is 2.43. The SMILES string of the molecule is COc1cc(OC)cc(C(=O)Nc2ccc3oc(C(=O)c4cc(OC)ccc4OC)c(C)c3c2)c1. The maximum absolute atomic E-state index is 13.3. The lowest BCUT2D eigenvalue weighted by molar-refractivity contribution is 0.100. The van der Waals surface area contributed by atoms with E-state index >= 15 is 0 Å². The zero-order valence-corrected chi connectivity index (χ0v) is 20.1. The first-order chi connectivity index (χ1) is 16.9. The lowest BCUT2D eigenvalue weighted by Gasteiger charge is -2.09. The van der Waals surface area contributed by atoms with Gasteiger partial charge in [0.25, 0.3) is 5.91 Å². The predicted molar refractivity (Wildman–Crippen MR) is 131 cm³/mol. The molecule has 3 aromatic carbocycles. The number of methoxy groups -OCH3 is 4. The van der Waals surface area contributed by atoms with Gasteiger partial charge in [-0.1, -0.05) is 0 Å². The minimum absolute atomic E-state index is 0.188. The predicted octanol–water partition coefficient (Wildman–Crippen LogP) is 5.26. The first kappa shape index (κ1) is 23.7. The molecule has 0 aliphatic heterocycles. The highest BCUT2D eigenvalue weighted by atomic mass is 16.5. The lowest BCUT2D eigenvalue weighted by Crippen LogP contribution is -2.12. The molecule has 35 heavy (non-hydrogen) atoms. The summed E-state index contributed by atoms with van der Waals surface area (Å²) in [4.78, 5) is 26.2. The quantitative estimate of drug-likeness (QED) is 0.347. The van der Waals surface area contributed by atoms with Crippen LogP contribution in [0.5, 0.6) is 23.0 Å². The first-order valence-corrected chi connectivity index (χ1v) is 10.7. The van der Waals surface area contributed by atoms with Crippen LogP contribution in [0.15, 0.2) is 59.0 Å². The third-order valence-electron chi connectivity index (χ3n) is 5.67. The molecule has 1 aromatic heterocycles. The van der Waals surface area contributed by atoms with Gasteiger partial charge in [0.05, 0.1) is 34.0 Å². The normalized spacial score (nSPS) is 10.7. The Hall–Kier alpha value is -4.46. The lowest BCUT2D eigenvalue weighted by atomic mass is 10.0. The summed E-state index contributed by atoms with van der Waals surface area (Å²) in [5.74, 6) is 1.48. The number of carbonyl (C=O) groups is 2. The molecule has 0 atom stereocenters. The molecule has 0 fully saturated rings. The molecule has 180 valence electrons. The van der Waals surface area contributed by atoms with Gasteiger partial charge in [-0.05, 0) is 55.5 Å². The molecule has 0 radical (unpaired) electrons. The van der Waals surface area contributed by atoms with Crippen LogP contribution < -0.4 is 24.3 Å². The molecule has 4 rings (SSSR count). The number of carbonyl (C=O) groups excluding carboxylic acids is 2. The van der Waals surface area contributed by atoms with E-state index in [4.69, 9.17) is 23.4 Å². The molecule has 0 unspecified atom stereocenters. The van der Waals surface area contributed by atoms with Crippen LogP contribution >= 0.6 is 0 Å². The summed E-state index contributed by atoms with van der Waals surface area (Å²) in [6, 6.07) is 15.1. The Morgan fingerprint density at radius 2 is 1.46 bits per heavy atom. The average molecular weight is 475 g/mol. The van der Waals surface area contributed by atoms with E-state index in [1.54, 1.807) is 61.5 Å². The molecule has 0 saturated carbocycles. The highest BCUT2D eigenvalue weighted by Crippen LogP contribution is 2.33. The highest BCUT2D eigenvalue weighted by Gasteiger charge is 2.23. The van der Waals surface area contributed by atoms with Gasteiger partial charge in [-0.3, -0.25) is 9.59 Å². The van der Waals surface area contributed by atoms with E-state index in [0.29, 0.717) is 56.3 Å². The number of benzene rings is 3. The molecule has 0 saturated heterocycles. The fourth-order valence-electron chi connectivity index (χ4n) is 3.77. The van der Waals surface area contributed by atoms with Gasteiger partial charge in [-0.2, -0.15) is 0 Å². The number of amides is 1. The summed E-state index contributed by atoms with van der Waals surface area (Å²) >= 11 is 0. The molecular formula is C27H25NO7. The van der Waals surface area contributed by atoms with Crippen LogP contribution in [0.1, 0.15) is 32.0 Å². The zero-order valence-electron chi connectivity index (χ0n) is 20.1. The van der Waals surface area contributed by atoms with E-state index < -0.39 is 0 Å². The van der Waals surface area contributed by atoms with Crippen molar-refractivity contribution in [2.45, 2.75) is 6.92 Å². The number of furan rings is 1. The number of fused-ring (bicyclic) bond motifs is 1. The summed E-state index contributed by atoms with van der Waals surface area (Å²) in [5, 5.41) is 3.58. The molecule has 1 heterocycles. The third kappa shape index (κ3) is 4.63. The largest absolute Gasteiger partial charge is 0.497 e. The van der Waals surface area contributed by atoms with Crippen LogP contribution in [0.2, 0.25) is 0 Å². The Labute approximate surface area is 202 Å². The fourth-order valence-corrected chi connectivity index (χ4v) is 3.77. The Kier molecular flexibility index (Phi) is 6.64. The van der Waals surface area contributed by atoms with Crippen LogP contribution in [-0.4, -0.2) is 40.1 Å². The smallest absolute Gasteiger partial charge is 0.255 e. The second-order valence-corrected chi connectivity index (χ2v) is 7.72. The van der Waals surface area contributed by atoms with Gasteiger partial charge in [0.15, 0.2) is 5.76 Å². The van der Waals surface area contributed by atoms with Crippen LogP contribution in [0, 0.1) is 6.92 Å². The molecular weight excluding hydrogens is 450 g/mol. The molecule has 1 N–H and O–H groups in total. The number of hydrogen-bond donors (Lipinski definition) is 1. The number of anilines is 1. The van der Waals surface area contributed by atoms with E-state index in [1.165, 1.54) is 28.4 Å². The standard InChI is InChI=1S/C27H25NO7/c1-15-21-12-17(28-27(30)16-10-19(32-3)13-20(11-16)33-4)6-8-24(21)35-26(15)25(29)22-14-18(31-2)7-9-23(22)34-5/h6-14H,1-5H3,(H,28,30). The number of ether oxygens (including phenoxy) is 4. The Bertz CT molecular complexity index is 1400. The molecule has 0 aliphatic carbocycles. The van der Waals surface area contributed by atoms with E-state index in [1.807, 2.05) is 0 Å². The molecule has 8 nitrogen and oxygen atoms in total. The van der Waals surface area contributed by atoms with Crippen molar-refractivity contribution in [2.24, 2.45) is 0 Å². The molecule has 8 heteroatoms. The van der Waals surface area contributed by atoms with Crippen molar-refractivity contribution < 1.29 is 33.0 Å². The minimum Gasteiger partial charge on any atom is -0.497 e. The van der Waals surface area contributed by atoms with Crippen LogP contribution in [0.3, 0.4) is 0 Å². The summed E-state index contributed by atoms with van der Waals surface area (Å²) in [7, 11) is 6.06. The number of hydrogen-bond acceptors (Lipinski definition) is 7. The Morgan fingerprint density at radius 3 is 2.09 bits per heavy atom. The molecule has 0 spiro atoms. The minimum atomic E-state index is -0.333. The topological polar surface area (TPSA) is 96.2 Å². The van der Waals surface area contributed by atoms with Gasteiger partial charge in [0, 0.05) is 28.3 Å². The van der Waals surface area contributed by atoms with E-state index in [-0.39, 0.29) is 17.5 Å². The zero-order chi connectivity index (χ0) is 25.1.